The monoisotopic (exact) mass is 292 g/mol. The van der Waals surface area contributed by atoms with E-state index < -0.39 is 11.4 Å². The maximum atomic E-state index is 11.2. The molecule has 0 fully saturated rings. The van der Waals surface area contributed by atoms with Crippen molar-refractivity contribution in [2.45, 2.75) is 58.4 Å². The van der Waals surface area contributed by atoms with Crippen LogP contribution in [0, 0.1) is 6.92 Å². The zero-order valence-electron chi connectivity index (χ0n) is 13.8. The molecule has 0 aliphatic rings. The average molecular weight is 292 g/mol. The fraction of sp³-hybridized carbons (Fsp3) is 0.588. The highest BCUT2D eigenvalue weighted by Crippen LogP contribution is 2.32. The summed E-state index contributed by atoms with van der Waals surface area (Å²) in [5.41, 5.74) is 12.5. The molecule has 0 radical (unpaired) electrons. The number of carbonyl (C=O) groups excluding carboxylic acids is 1. The molecule has 0 saturated heterocycles. The first-order valence-corrected chi connectivity index (χ1v) is 7.37. The summed E-state index contributed by atoms with van der Waals surface area (Å²) >= 11 is 0. The van der Waals surface area contributed by atoms with Gasteiger partial charge in [0, 0.05) is 0 Å². The van der Waals surface area contributed by atoms with Gasteiger partial charge in [-0.2, -0.15) is 0 Å². The van der Waals surface area contributed by atoms with Crippen LogP contribution in [0.5, 0.6) is 5.75 Å². The van der Waals surface area contributed by atoms with Crippen molar-refractivity contribution in [3.63, 3.8) is 0 Å². The minimum absolute atomic E-state index is 0.0248. The molecule has 118 valence electrons. The van der Waals surface area contributed by atoms with Crippen LogP contribution >= 0.6 is 0 Å². The lowest BCUT2D eigenvalue weighted by Gasteiger charge is -2.24. The number of amides is 1. The van der Waals surface area contributed by atoms with Crippen LogP contribution in [-0.4, -0.2) is 18.1 Å². The van der Waals surface area contributed by atoms with E-state index in [4.69, 9.17) is 16.2 Å². The number of hydrogen-bond acceptors (Lipinski definition) is 3. The molecule has 1 rings (SSSR count). The molecular formula is C17H28N2O2. The number of primary amides is 1. The second-order valence-electron chi connectivity index (χ2n) is 6.98. The normalized spacial score (nSPS) is 14.6. The molecule has 0 heterocycles. The molecule has 4 N–H and O–H groups in total. The number of ether oxygens (including phenoxy) is 1. The van der Waals surface area contributed by atoms with Gasteiger partial charge in [-0.05, 0) is 43.7 Å². The summed E-state index contributed by atoms with van der Waals surface area (Å²) in [6.45, 7) is 10.7. The molecule has 0 aliphatic carbocycles. The van der Waals surface area contributed by atoms with Crippen molar-refractivity contribution < 1.29 is 9.53 Å². The van der Waals surface area contributed by atoms with E-state index in [9.17, 15) is 4.79 Å². The summed E-state index contributed by atoms with van der Waals surface area (Å²) < 4.78 is 5.89. The second-order valence-corrected chi connectivity index (χ2v) is 6.98. The minimum atomic E-state index is -0.969. The van der Waals surface area contributed by atoms with Gasteiger partial charge in [-0.3, -0.25) is 4.79 Å². The summed E-state index contributed by atoms with van der Waals surface area (Å²) in [6.07, 6.45) is 1.20. The van der Waals surface area contributed by atoms with E-state index in [1.54, 1.807) is 6.92 Å². The SMILES string of the molecule is Cc1ccc(OCCCC(C)(N)C(N)=O)c(C(C)(C)C)c1. The van der Waals surface area contributed by atoms with Crippen LogP contribution in [0.2, 0.25) is 0 Å². The first-order valence-electron chi connectivity index (χ1n) is 7.37. The third kappa shape index (κ3) is 5.05. The predicted octanol–water partition coefficient (Wildman–Crippen LogP) is 2.65. The van der Waals surface area contributed by atoms with E-state index >= 15 is 0 Å². The Bertz CT molecular complexity index is 502. The number of aryl methyl sites for hydroxylation is 1. The Morgan fingerprint density at radius 3 is 2.38 bits per heavy atom. The zero-order chi connectivity index (χ0) is 16.3. The smallest absolute Gasteiger partial charge is 0.237 e. The van der Waals surface area contributed by atoms with Crippen molar-refractivity contribution in [1.29, 1.82) is 0 Å². The topological polar surface area (TPSA) is 78.3 Å². The molecule has 0 bridgehead atoms. The average Bonchev–Trinajstić information content (AvgIpc) is 2.34. The standard InChI is InChI=1S/C17H28N2O2/c1-12-7-8-14(13(11-12)16(2,3)4)21-10-6-9-17(5,19)15(18)20/h7-8,11H,6,9-10,19H2,1-5H3,(H2,18,20). The van der Waals surface area contributed by atoms with E-state index in [0.29, 0.717) is 19.4 Å². The van der Waals surface area contributed by atoms with Gasteiger partial charge in [-0.25, -0.2) is 0 Å². The van der Waals surface area contributed by atoms with Gasteiger partial charge in [-0.1, -0.05) is 38.5 Å². The van der Waals surface area contributed by atoms with E-state index in [2.05, 4.69) is 33.8 Å². The van der Waals surface area contributed by atoms with Crippen LogP contribution in [0.3, 0.4) is 0 Å². The van der Waals surface area contributed by atoms with Gasteiger partial charge in [0.1, 0.15) is 5.75 Å². The Kier molecular flexibility index (Phi) is 5.40. The molecule has 1 atom stereocenters. The van der Waals surface area contributed by atoms with Crippen molar-refractivity contribution in [2.24, 2.45) is 11.5 Å². The van der Waals surface area contributed by atoms with Gasteiger partial charge in [0.15, 0.2) is 0 Å². The van der Waals surface area contributed by atoms with Crippen molar-refractivity contribution in [3.8, 4) is 5.75 Å². The third-order valence-electron chi connectivity index (χ3n) is 3.60. The first-order chi connectivity index (χ1) is 9.54. The zero-order valence-corrected chi connectivity index (χ0v) is 13.8. The van der Waals surface area contributed by atoms with Gasteiger partial charge in [0.25, 0.3) is 0 Å². The largest absolute Gasteiger partial charge is 0.493 e. The molecule has 0 spiro atoms. The van der Waals surface area contributed by atoms with Crippen LogP contribution in [0.25, 0.3) is 0 Å². The van der Waals surface area contributed by atoms with Crippen molar-refractivity contribution in [3.05, 3.63) is 29.3 Å². The summed E-state index contributed by atoms with van der Waals surface area (Å²) in [5.74, 6) is 0.416. The highest BCUT2D eigenvalue weighted by molar-refractivity contribution is 5.83. The Morgan fingerprint density at radius 1 is 1.24 bits per heavy atom. The lowest BCUT2D eigenvalue weighted by Crippen LogP contribution is -2.49. The number of carbonyl (C=O) groups is 1. The molecule has 0 aliphatic heterocycles. The minimum Gasteiger partial charge on any atom is -0.493 e. The molecule has 1 aromatic rings. The van der Waals surface area contributed by atoms with Gasteiger partial charge in [0.05, 0.1) is 12.1 Å². The third-order valence-corrected chi connectivity index (χ3v) is 3.60. The summed E-state index contributed by atoms with van der Waals surface area (Å²) in [6, 6.07) is 6.21. The Hall–Kier alpha value is -1.55. The van der Waals surface area contributed by atoms with Crippen molar-refractivity contribution in [1.82, 2.24) is 0 Å². The second kappa shape index (κ2) is 6.48. The van der Waals surface area contributed by atoms with Gasteiger partial charge in [-0.15, -0.1) is 0 Å². The maximum absolute atomic E-state index is 11.2. The molecule has 1 aromatic carbocycles. The van der Waals surface area contributed by atoms with Crippen LogP contribution in [0.15, 0.2) is 18.2 Å². The molecule has 4 heteroatoms. The lowest BCUT2D eigenvalue weighted by molar-refractivity contribution is -0.122. The molecule has 4 nitrogen and oxygen atoms in total. The van der Waals surface area contributed by atoms with Gasteiger partial charge >= 0.3 is 0 Å². The summed E-state index contributed by atoms with van der Waals surface area (Å²) in [7, 11) is 0. The van der Waals surface area contributed by atoms with Crippen molar-refractivity contribution in [2.75, 3.05) is 6.61 Å². The number of nitrogens with two attached hydrogens (primary N) is 2. The van der Waals surface area contributed by atoms with E-state index in [0.717, 1.165) is 5.75 Å². The molecule has 21 heavy (non-hydrogen) atoms. The first kappa shape index (κ1) is 17.5. The summed E-state index contributed by atoms with van der Waals surface area (Å²) in [5, 5.41) is 0. The van der Waals surface area contributed by atoms with E-state index in [1.165, 1.54) is 11.1 Å². The number of rotatable bonds is 6. The molecule has 0 saturated carbocycles. The number of benzene rings is 1. The van der Waals surface area contributed by atoms with Gasteiger partial charge in [0.2, 0.25) is 5.91 Å². The van der Waals surface area contributed by atoms with Crippen molar-refractivity contribution >= 4 is 5.91 Å². The Balaban J connectivity index is 2.67. The van der Waals surface area contributed by atoms with Crippen LogP contribution < -0.4 is 16.2 Å². The molecule has 0 aromatic heterocycles. The van der Waals surface area contributed by atoms with Crippen LogP contribution in [0.1, 0.15) is 51.7 Å². The lowest BCUT2D eigenvalue weighted by atomic mass is 9.85. The molecule has 1 amide bonds. The quantitative estimate of drug-likeness (QED) is 0.791. The fourth-order valence-electron chi connectivity index (χ4n) is 2.10. The predicted molar refractivity (Wildman–Crippen MR) is 86.4 cm³/mol. The molecule has 1 unspecified atom stereocenters. The highest BCUT2D eigenvalue weighted by atomic mass is 16.5. The number of hydrogen-bond donors (Lipinski definition) is 2. The maximum Gasteiger partial charge on any atom is 0.237 e. The van der Waals surface area contributed by atoms with E-state index in [-0.39, 0.29) is 5.41 Å². The Morgan fingerprint density at radius 2 is 1.86 bits per heavy atom. The fourth-order valence-corrected chi connectivity index (χ4v) is 2.10. The van der Waals surface area contributed by atoms with Crippen LogP contribution in [-0.2, 0) is 10.2 Å². The molecular weight excluding hydrogens is 264 g/mol. The van der Waals surface area contributed by atoms with Gasteiger partial charge < -0.3 is 16.2 Å². The van der Waals surface area contributed by atoms with E-state index in [1.807, 2.05) is 12.1 Å². The Labute approximate surface area is 127 Å². The summed E-state index contributed by atoms with van der Waals surface area (Å²) in [4.78, 5) is 11.2. The highest BCUT2D eigenvalue weighted by Gasteiger charge is 2.25. The van der Waals surface area contributed by atoms with Crippen LogP contribution in [0.4, 0.5) is 0 Å².